The monoisotopic (exact) mass is 280 g/mol. The summed E-state index contributed by atoms with van der Waals surface area (Å²) in [4.78, 5) is 0.355. The van der Waals surface area contributed by atoms with Crippen LogP contribution in [0.3, 0.4) is 0 Å². The Kier molecular flexibility index (Phi) is 5.93. The van der Waals surface area contributed by atoms with E-state index in [9.17, 15) is 26.3 Å². The van der Waals surface area contributed by atoms with Gasteiger partial charge in [0.15, 0.2) is 0 Å². The zero-order chi connectivity index (χ0) is 14.7. The Bertz CT molecular complexity index is 248. The Hall–Kier alpha value is -0.500. The molecule has 0 bridgehead atoms. The van der Waals surface area contributed by atoms with Crippen LogP contribution in [0.5, 0.6) is 0 Å². The average molecular weight is 280 g/mol. The quantitative estimate of drug-likeness (QED) is 0.785. The van der Waals surface area contributed by atoms with Gasteiger partial charge in [0, 0.05) is 12.1 Å². The minimum Gasteiger partial charge on any atom is -0.326 e. The molecule has 0 aliphatic heterocycles. The molecule has 0 aliphatic rings. The summed E-state index contributed by atoms with van der Waals surface area (Å²) >= 11 is 0. The lowest BCUT2D eigenvalue weighted by molar-refractivity contribution is -0.219. The van der Waals surface area contributed by atoms with E-state index in [1.54, 1.807) is 0 Å². The fourth-order valence-electron chi connectivity index (χ4n) is 1.71. The first-order valence-corrected chi connectivity index (χ1v) is 5.55. The Labute approximate surface area is 102 Å². The van der Waals surface area contributed by atoms with Gasteiger partial charge in [-0.05, 0) is 20.3 Å². The smallest absolute Gasteiger partial charge is 0.326 e. The van der Waals surface area contributed by atoms with Gasteiger partial charge in [-0.25, -0.2) is 0 Å². The van der Waals surface area contributed by atoms with Gasteiger partial charge in [0.25, 0.3) is 0 Å². The zero-order valence-corrected chi connectivity index (χ0v) is 10.4. The van der Waals surface area contributed by atoms with Crippen molar-refractivity contribution in [1.82, 2.24) is 4.90 Å². The lowest BCUT2D eigenvalue weighted by Crippen LogP contribution is -2.59. The van der Waals surface area contributed by atoms with Crippen LogP contribution in [0.25, 0.3) is 0 Å². The second-order valence-electron chi connectivity index (χ2n) is 4.44. The Morgan fingerprint density at radius 1 is 1.06 bits per heavy atom. The molecule has 2 nitrogen and oxygen atoms in total. The molecule has 0 rings (SSSR count). The van der Waals surface area contributed by atoms with Gasteiger partial charge in [0.2, 0.25) is 0 Å². The van der Waals surface area contributed by atoms with E-state index in [2.05, 4.69) is 0 Å². The molecule has 110 valence electrons. The largest absolute Gasteiger partial charge is 0.405 e. The Morgan fingerprint density at radius 2 is 1.50 bits per heavy atom. The van der Waals surface area contributed by atoms with Crippen LogP contribution >= 0.6 is 0 Å². The third-order valence-corrected chi connectivity index (χ3v) is 2.59. The zero-order valence-electron chi connectivity index (χ0n) is 10.4. The van der Waals surface area contributed by atoms with Crippen molar-refractivity contribution >= 4 is 0 Å². The summed E-state index contributed by atoms with van der Waals surface area (Å²) in [6.45, 7) is 2.36. The van der Waals surface area contributed by atoms with E-state index in [0.29, 0.717) is 4.90 Å². The highest BCUT2D eigenvalue weighted by Crippen LogP contribution is 2.31. The highest BCUT2D eigenvalue weighted by atomic mass is 19.4. The van der Waals surface area contributed by atoms with Crippen molar-refractivity contribution in [3.63, 3.8) is 0 Å². The molecule has 0 saturated carbocycles. The van der Waals surface area contributed by atoms with Crippen LogP contribution in [0, 0.1) is 0 Å². The van der Waals surface area contributed by atoms with Gasteiger partial charge in [0.05, 0.1) is 6.54 Å². The van der Waals surface area contributed by atoms with E-state index in [-0.39, 0.29) is 6.42 Å². The molecule has 0 aliphatic carbocycles. The SMILES string of the molecule is CCC(N)C(N(CC(F)(F)F)C(C)C)C(F)(F)F. The maximum absolute atomic E-state index is 12.9. The summed E-state index contributed by atoms with van der Waals surface area (Å²) < 4.78 is 75.6. The predicted octanol–water partition coefficient (Wildman–Crippen LogP) is 2.93. The maximum atomic E-state index is 12.9. The molecule has 2 N–H and O–H groups in total. The summed E-state index contributed by atoms with van der Waals surface area (Å²) in [6, 6.07) is -4.57. The molecule has 18 heavy (non-hydrogen) atoms. The maximum Gasteiger partial charge on any atom is 0.405 e. The van der Waals surface area contributed by atoms with Crippen LogP contribution < -0.4 is 5.73 Å². The first kappa shape index (κ1) is 17.5. The van der Waals surface area contributed by atoms with Gasteiger partial charge in [-0.3, -0.25) is 4.90 Å². The Morgan fingerprint density at radius 3 is 1.72 bits per heavy atom. The summed E-state index contributed by atoms with van der Waals surface area (Å²) in [5, 5.41) is 0. The molecular weight excluding hydrogens is 262 g/mol. The van der Waals surface area contributed by atoms with Crippen LogP contribution in [0.4, 0.5) is 26.3 Å². The molecule has 0 aromatic rings. The molecule has 0 aromatic carbocycles. The minimum atomic E-state index is -4.79. The topological polar surface area (TPSA) is 29.3 Å². The highest BCUT2D eigenvalue weighted by molar-refractivity contribution is 4.90. The fourth-order valence-corrected chi connectivity index (χ4v) is 1.71. The van der Waals surface area contributed by atoms with Crippen LogP contribution in [0.15, 0.2) is 0 Å². The molecule has 2 unspecified atom stereocenters. The van der Waals surface area contributed by atoms with E-state index >= 15 is 0 Å². The first-order valence-electron chi connectivity index (χ1n) is 5.55. The molecule has 0 spiro atoms. The number of rotatable bonds is 5. The summed E-state index contributed by atoms with van der Waals surface area (Å²) in [7, 11) is 0. The molecule has 0 amide bonds. The second kappa shape index (κ2) is 6.10. The van der Waals surface area contributed by atoms with Crippen molar-refractivity contribution < 1.29 is 26.3 Å². The lowest BCUT2D eigenvalue weighted by atomic mass is 10.0. The van der Waals surface area contributed by atoms with Gasteiger partial charge in [0.1, 0.15) is 6.04 Å². The van der Waals surface area contributed by atoms with Crippen LogP contribution in [0.1, 0.15) is 27.2 Å². The summed E-state index contributed by atoms with van der Waals surface area (Å²) in [6.07, 6.45) is -9.53. The minimum absolute atomic E-state index is 0.0503. The average Bonchev–Trinajstić information content (AvgIpc) is 2.11. The molecular formula is C10H18F6N2. The van der Waals surface area contributed by atoms with Crippen molar-refractivity contribution in [2.75, 3.05) is 6.54 Å². The van der Waals surface area contributed by atoms with E-state index in [1.165, 1.54) is 20.8 Å². The number of nitrogens with zero attached hydrogens (tertiary/aromatic N) is 1. The van der Waals surface area contributed by atoms with Crippen molar-refractivity contribution in [2.45, 2.75) is 57.7 Å². The third-order valence-electron chi connectivity index (χ3n) is 2.59. The Balaban J connectivity index is 5.24. The lowest BCUT2D eigenvalue weighted by Gasteiger charge is -2.39. The normalized spacial score (nSPS) is 17.3. The number of halogens is 6. The third kappa shape index (κ3) is 5.43. The molecule has 8 heteroatoms. The van der Waals surface area contributed by atoms with Crippen molar-refractivity contribution in [1.29, 1.82) is 0 Å². The summed E-state index contributed by atoms with van der Waals surface area (Å²) in [5.41, 5.74) is 5.33. The molecule has 2 atom stereocenters. The number of hydrogen-bond donors (Lipinski definition) is 1. The van der Waals surface area contributed by atoms with Gasteiger partial charge in [-0.2, -0.15) is 26.3 Å². The van der Waals surface area contributed by atoms with E-state index in [1.807, 2.05) is 0 Å². The van der Waals surface area contributed by atoms with Crippen molar-refractivity contribution in [3.8, 4) is 0 Å². The van der Waals surface area contributed by atoms with Gasteiger partial charge in [-0.1, -0.05) is 6.92 Å². The van der Waals surface area contributed by atoms with Gasteiger partial charge in [-0.15, -0.1) is 0 Å². The number of hydrogen-bond acceptors (Lipinski definition) is 2. The number of nitrogens with two attached hydrogens (primary N) is 1. The van der Waals surface area contributed by atoms with Crippen LogP contribution in [0.2, 0.25) is 0 Å². The molecule has 0 saturated heterocycles. The van der Waals surface area contributed by atoms with Crippen LogP contribution in [-0.4, -0.2) is 41.9 Å². The predicted molar refractivity (Wildman–Crippen MR) is 56.0 cm³/mol. The van der Waals surface area contributed by atoms with Gasteiger partial charge >= 0.3 is 12.4 Å². The van der Waals surface area contributed by atoms with E-state index in [4.69, 9.17) is 5.73 Å². The fraction of sp³-hybridized carbons (Fsp3) is 1.00. The van der Waals surface area contributed by atoms with E-state index in [0.717, 1.165) is 0 Å². The molecule has 0 heterocycles. The van der Waals surface area contributed by atoms with Crippen molar-refractivity contribution in [2.24, 2.45) is 5.73 Å². The van der Waals surface area contributed by atoms with Crippen molar-refractivity contribution in [3.05, 3.63) is 0 Å². The highest BCUT2D eigenvalue weighted by Gasteiger charge is 2.50. The first-order chi connectivity index (χ1) is 7.90. The second-order valence-corrected chi connectivity index (χ2v) is 4.44. The van der Waals surface area contributed by atoms with E-state index < -0.39 is 37.0 Å². The number of alkyl halides is 6. The molecule has 0 radical (unpaired) electrons. The van der Waals surface area contributed by atoms with Gasteiger partial charge < -0.3 is 5.73 Å². The molecule has 0 fully saturated rings. The molecule has 0 aromatic heterocycles. The standard InChI is InChI=1S/C10H18F6N2/c1-4-7(17)8(10(14,15)16)18(6(2)3)5-9(11,12)13/h6-8H,4-5,17H2,1-3H3. The van der Waals surface area contributed by atoms with Crippen LogP contribution in [-0.2, 0) is 0 Å². The summed E-state index contributed by atoms with van der Waals surface area (Å²) in [5.74, 6) is 0.